The quantitative estimate of drug-likeness (QED) is 0.544. The fourth-order valence-electron chi connectivity index (χ4n) is 5.26. The number of hydrogen-bond acceptors (Lipinski definition) is 4. The predicted molar refractivity (Wildman–Crippen MR) is 104 cm³/mol. The lowest BCUT2D eigenvalue weighted by Gasteiger charge is -2.45. The molecule has 3 aliphatic rings. The topological polar surface area (TPSA) is 75.6 Å². The normalized spacial score (nSPS) is 35.5. The molecule has 3 atom stereocenters. The van der Waals surface area contributed by atoms with Gasteiger partial charge in [-0.05, 0) is 55.6 Å². The van der Waals surface area contributed by atoms with Crippen LogP contribution in [0.4, 0.5) is 0 Å². The van der Waals surface area contributed by atoms with Crippen molar-refractivity contribution in [1.82, 2.24) is 5.32 Å². The van der Waals surface area contributed by atoms with Crippen LogP contribution >= 0.6 is 0 Å². The Hall–Kier alpha value is -1.88. The standard InChI is InChI=1S/C22H31NO4/c1-13-6-7-16-8-9-18-19(21(16,4)5)22(26,23-20(18)25)12-14(2)11-17(10-13)27-15(3)24/h11,16-17,26H,1,6-10,12H2,2-5H3,(H,23,25)/b14-11+/t16-,17+,22+/m1/s1. The summed E-state index contributed by atoms with van der Waals surface area (Å²) in [4.78, 5) is 24.0. The van der Waals surface area contributed by atoms with E-state index < -0.39 is 11.8 Å². The second-order valence-electron chi connectivity index (χ2n) is 8.96. The summed E-state index contributed by atoms with van der Waals surface area (Å²) < 4.78 is 5.45. The van der Waals surface area contributed by atoms with Gasteiger partial charge in [0.25, 0.3) is 0 Å². The third kappa shape index (κ3) is 3.75. The van der Waals surface area contributed by atoms with Crippen molar-refractivity contribution in [2.75, 3.05) is 0 Å². The molecule has 0 aromatic heterocycles. The summed E-state index contributed by atoms with van der Waals surface area (Å²) in [6.45, 7) is 11.8. The third-order valence-electron chi connectivity index (χ3n) is 6.38. The average molecular weight is 373 g/mol. The van der Waals surface area contributed by atoms with Crippen molar-refractivity contribution < 1.29 is 19.4 Å². The lowest BCUT2D eigenvalue weighted by molar-refractivity contribution is -0.144. The van der Waals surface area contributed by atoms with Crippen molar-refractivity contribution in [1.29, 1.82) is 0 Å². The summed E-state index contributed by atoms with van der Waals surface area (Å²) in [5, 5.41) is 14.3. The number of carbonyl (C=O) groups is 2. The first kappa shape index (κ1) is 19.9. The maximum absolute atomic E-state index is 12.6. The van der Waals surface area contributed by atoms with Gasteiger partial charge in [0.1, 0.15) is 6.10 Å². The van der Waals surface area contributed by atoms with E-state index in [-0.39, 0.29) is 23.7 Å². The number of carbonyl (C=O) groups excluding carboxylic acids is 2. The van der Waals surface area contributed by atoms with Crippen molar-refractivity contribution in [3.05, 3.63) is 34.9 Å². The minimum atomic E-state index is -1.37. The number of hydrogen-bond donors (Lipinski definition) is 2. The lowest BCUT2D eigenvalue weighted by Crippen LogP contribution is -2.49. The summed E-state index contributed by atoms with van der Waals surface area (Å²) in [6, 6.07) is 0. The maximum atomic E-state index is 12.6. The van der Waals surface area contributed by atoms with Crippen molar-refractivity contribution in [3.8, 4) is 0 Å². The van der Waals surface area contributed by atoms with Gasteiger partial charge in [0.2, 0.25) is 5.91 Å². The highest BCUT2D eigenvalue weighted by atomic mass is 16.5. The first-order chi connectivity index (χ1) is 12.5. The smallest absolute Gasteiger partial charge is 0.303 e. The zero-order valence-electron chi connectivity index (χ0n) is 16.9. The Morgan fingerprint density at radius 2 is 2.00 bits per heavy atom. The summed E-state index contributed by atoms with van der Waals surface area (Å²) in [5.74, 6) is -0.120. The first-order valence-corrected chi connectivity index (χ1v) is 9.83. The number of rotatable bonds is 1. The molecule has 148 valence electrons. The van der Waals surface area contributed by atoms with Gasteiger partial charge in [-0.15, -0.1) is 0 Å². The molecule has 0 saturated heterocycles. The Labute approximate surface area is 161 Å². The van der Waals surface area contributed by atoms with Crippen LogP contribution in [0.2, 0.25) is 0 Å². The van der Waals surface area contributed by atoms with Crippen LogP contribution in [0.15, 0.2) is 34.9 Å². The maximum Gasteiger partial charge on any atom is 0.303 e. The Kier molecular flexibility index (Phi) is 5.10. The van der Waals surface area contributed by atoms with Gasteiger partial charge in [0, 0.05) is 25.3 Å². The van der Waals surface area contributed by atoms with Gasteiger partial charge in [-0.1, -0.05) is 31.6 Å². The van der Waals surface area contributed by atoms with E-state index in [1.54, 1.807) is 0 Å². The van der Waals surface area contributed by atoms with E-state index in [0.717, 1.165) is 41.6 Å². The number of amides is 1. The van der Waals surface area contributed by atoms with Crippen molar-refractivity contribution in [2.24, 2.45) is 11.3 Å². The fourth-order valence-corrected chi connectivity index (χ4v) is 5.26. The predicted octanol–water partition coefficient (Wildman–Crippen LogP) is 3.55. The van der Waals surface area contributed by atoms with E-state index in [0.29, 0.717) is 18.8 Å². The van der Waals surface area contributed by atoms with Crippen LogP contribution in [0.3, 0.4) is 0 Å². The van der Waals surface area contributed by atoms with Crippen LogP contribution < -0.4 is 5.32 Å². The molecule has 1 aliphatic heterocycles. The molecule has 2 aliphatic carbocycles. The van der Waals surface area contributed by atoms with Gasteiger partial charge >= 0.3 is 5.97 Å². The number of aliphatic hydroxyl groups is 1. The highest BCUT2D eigenvalue weighted by Gasteiger charge is 2.53. The van der Waals surface area contributed by atoms with Crippen LogP contribution in [0.25, 0.3) is 0 Å². The van der Waals surface area contributed by atoms with Crippen molar-refractivity contribution in [2.45, 2.75) is 78.0 Å². The Balaban J connectivity index is 2.04. The molecule has 0 aromatic rings. The number of fused-ring (bicyclic) bond motifs is 1. The van der Waals surface area contributed by atoms with Gasteiger partial charge < -0.3 is 15.2 Å². The number of esters is 1. The van der Waals surface area contributed by atoms with Crippen molar-refractivity contribution >= 4 is 11.9 Å². The van der Waals surface area contributed by atoms with Crippen LogP contribution in [0.5, 0.6) is 0 Å². The summed E-state index contributed by atoms with van der Waals surface area (Å²) >= 11 is 0. The van der Waals surface area contributed by atoms with E-state index in [1.165, 1.54) is 6.92 Å². The molecule has 0 spiro atoms. The fraction of sp³-hybridized carbons (Fsp3) is 0.636. The summed E-state index contributed by atoms with van der Waals surface area (Å²) in [6.07, 6.45) is 5.80. The molecule has 1 heterocycles. The van der Waals surface area contributed by atoms with Gasteiger partial charge in [-0.3, -0.25) is 9.59 Å². The molecule has 5 nitrogen and oxygen atoms in total. The molecule has 0 fully saturated rings. The van der Waals surface area contributed by atoms with Gasteiger partial charge in [-0.25, -0.2) is 0 Å². The average Bonchev–Trinajstić information content (AvgIpc) is 2.75. The van der Waals surface area contributed by atoms with Gasteiger partial charge in [0.15, 0.2) is 5.72 Å². The summed E-state index contributed by atoms with van der Waals surface area (Å²) in [7, 11) is 0. The van der Waals surface area contributed by atoms with E-state index in [9.17, 15) is 14.7 Å². The van der Waals surface area contributed by atoms with E-state index in [4.69, 9.17) is 4.74 Å². The second-order valence-corrected chi connectivity index (χ2v) is 8.96. The molecule has 0 aromatic carbocycles. The lowest BCUT2D eigenvalue weighted by atomic mass is 9.61. The highest BCUT2D eigenvalue weighted by molar-refractivity contribution is 5.98. The third-order valence-corrected chi connectivity index (χ3v) is 6.38. The summed E-state index contributed by atoms with van der Waals surface area (Å²) in [5.41, 5.74) is 1.91. The van der Waals surface area contributed by atoms with Crippen LogP contribution in [0.1, 0.15) is 66.2 Å². The second kappa shape index (κ2) is 6.93. The molecule has 2 N–H and O–H groups in total. The van der Waals surface area contributed by atoms with E-state index in [1.807, 2.05) is 13.0 Å². The minimum absolute atomic E-state index is 0.150. The molecular formula is C22H31NO4. The molecule has 0 radical (unpaired) electrons. The Morgan fingerprint density at radius 1 is 1.33 bits per heavy atom. The van der Waals surface area contributed by atoms with Crippen LogP contribution in [0, 0.1) is 11.3 Å². The Morgan fingerprint density at radius 3 is 2.67 bits per heavy atom. The molecule has 0 unspecified atom stereocenters. The highest BCUT2D eigenvalue weighted by Crippen LogP contribution is 2.53. The zero-order valence-corrected chi connectivity index (χ0v) is 16.9. The molecule has 5 heteroatoms. The first-order valence-electron chi connectivity index (χ1n) is 9.83. The molecular weight excluding hydrogens is 342 g/mol. The molecule has 3 rings (SSSR count). The zero-order chi connectivity index (χ0) is 20.0. The Bertz CT molecular complexity index is 745. The SMILES string of the molecule is C=C1CC[C@@H]2CCC3=C(C2(C)C)[C@@](O)(C/C(C)=C/[C@@H](OC(C)=O)C1)NC3=O. The van der Waals surface area contributed by atoms with Gasteiger partial charge in [0.05, 0.1) is 0 Å². The van der Waals surface area contributed by atoms with E-state index >= 15 is 0 Å². The van der Waals surface area contributed by atoms with Gasteiger partial charge in [-0.2, -0.15) is 0 Å². The van der Waals surface area contributed by atoms with Crippen LogP contribution in [-0.2, 0) is 14.3 Å². The molecule has 2 bridgehead atoms. The molecule has 0 saturated carbocycles. The minimum Gasteiger partial charge on any atom is -0.458 e. The number of nitrogens with one attached hydrogen (secondary N) is 1. The molecule has 1 amide bonds. The number of ether oxygens (including phenoxy) is 1. The monoisotopic (exact) mass is 373 g/mol. The van der Waals surface area contributed by atoms with E-state index in [2.05, 4.69) is 25.7 Å². The van der Waals surface area contributed by atoms with Crippen LogP contribution in [-0.4, -0.2) is 28.8 Å². The molecule has 27 heavy (non-hydrogen) atoms. The largest absolute Gasteiger partial charge is 0.458 e. The van der Waals surface area contributed by atoms with Crippen molar-refractivity contribution in [3.63, 3.8) is 0 Å².